The van der Waals surface area contributed by atoms with E-state index in [4.69, 9.17) is 4.74 Å². The fourth-order valence-electron chi connectivity index (χ4n) is 2.33. The Kier molecular flexibility index (Phi) is 4.63. The van der Waals surface area contributed by atoms with E-state index < -0.39 is 0 Å². The van der Waals surface area contributed by atoms with Crippen LogP contribution in [-0.4, -0.2) is 19.2 Å². The first-order chi connectivity index (χ1) is 8.40. The molecule has 1 aromatic carbocycles. The zero-order valence-electron chi connectivity index (χ0n) is 10.3. The van der Waals surface area contributed by atoms with Gasteiger partial charge in [0.2, 0.25) is 0 Å². The molecule has 0 radical (unpaired) electrons. The molecule has 0 saturated heterocycles. The Morgan fingerprint density at radius 2 is 2.06 bits per heavy atom. The lowest BCUT2D eigenvalue weighted by atomic mass is 9.76. The van der Waals surface area contributed by atoms with E-state index in [0.29, 0.717) is 6.04 Å². The molecule has 0 spiro atoms. The number of hydrogen-bond donors (Lipinski definition) is 1. The molecule has 0 bridgehead atoms. The van der Waals surface area contributed by atoms with Gasteiger partial charge in [-0.1, -0.05) is 36.9 Å². The SMILES string of the molecule is C=COCCCNC1CC(c2ccccc2)C1. The first-order valence-electron chi connectivity index (χ1n) is 6.41. The fourth-order valence-corrected chi connectivity index (χ4v) is 2.33. The van der Waals surface area contributed by atoms with Crippen LogP contribution in [0.15, 0.2) is 43.2 Å². The van der Waals surface area contributed by atoms with Gasteiger partial charge in [-0.15, -0.1) is 0 Å². The predicted molar refractivity (Wildman–Crippen MR) is 71.0 cm³/mol. The zero-order valence-corrected chi connectivity index (χ0v) is 10.3. The maximum Gasteiger partial charge on any atom is 0.0885 e. The monoisotopic (exact) mass is 231 g/mol. The molecular weight excluding hydrogens is 210 g/mol. The van der Waals surface area contributed by atoms with Crippen LogP contribution in [0.2, 0.25) is 0 Å². The number of benzene rings is 1. The number of ether oxygens (including phenoxy) is 1. The summed E-state index contributed by atoms with van der Waals surface area (Å²) in [5.41, 5.74) is 1.49. The van der Waals surface area contributed by atoms with E-state index in [2.05, 4.69) is 42.2 Å². The molecule has 1 N–H and O–H groups in total. The van der Waals surface area contributed by atoms with E-state index in [1.807, 2.05) is 0 Å². The van der Waals surface area contributed by atoms with Crippen molar-refractivity contribution in [2.75, 3.05) is 13.2 Å². The Morgan fingerprint density at radius 1 is 1.29 bits per heavy atom. The molecule has 0 atom stereocenters. The van der Waals surface area contributed by atoms with Gasteiger partial charge in [-0.3, -0.25) is 0 Å². The van der Waals surface area contributed by atoms with Crippen LogP contribution < -0.4 is 5.32 Å². The largest absolute Gasteiger partial charge is 0.502 e. The summed E-state index contributed by atoms with van der Waals surface area (Å²) in [6, 6.07) is 11.5. The topological polar surface area (TPSA) is 21.3 Å². The van der Waals surface area contributed by atoms with Crippen molar-refractivity contribution >= 4 is 0 Å². The molecule has 92 valence electrons. The van der Waals surface area contributed by atoms with E-state index in [1.165, 1.54) is 24.7 Å². The van der Waals surface area contributed by atoms with Gasteiger partial charge in [0.05, 0.1) is 12.9 Å². The van der Waals surface area contributed by atoms with Crippen molar-refractivity contribution in [2.24, 2.45) is 0 Å². The third-order valence-corrected chi connectivity index (χ3v) is 3.40. The van der Waals surface area contributed by atoms with E-state index in [-0.39, 0.29) is 0 Å². The van der Waals surface area contributed by atoms with Gasteiger partial charge in [-0.25, -0.2) is 0 Å². The minimum Gasteiger partial charge on any atom is -0.502 e. The summed E-state index contributed by atoms with van der Waals surface area (Å²) in [5, 5.41) is 3.56. The second-order valence-electron chi connectivity index (χ2n) is 4.62. The molecule has 1 fully saturated rings. The highest BCUT2D eigenvalue weighted by molar-refractivity contribution is 5.22. The average Bonchev–Trinajstić information content (AvgIpc) is 2.32. The highest BCUT2D eigenvalue weighted by atomic mass is 16.5. The lowest BCUT2D eigenvalue weighted by Gasteiger charge is -2.36. The first kappa shape index (κ1) is 12.2. The van der Waals surface area contributed by atoms with E-state index in [1.54, 1.807) is 0 Å². The van der Waals surface area contributed by atoms with Gasteiger partial charge in [0.25, 0.3) is 0 Å². The van der Waals surface area contributed by atoms with E-state index >= 15 is 0 Å². The van der Waals surface area contributed by atoms with Gasteiger partial charge < -0.3 is 10.1 Å². The highest BCUT2D eigenvalue weighted by Gasteiger charge is 2.29. The number of nitrogens with one attached hydrogen (secondary N) is 1. The smallest absolute Gasteiger partial charge is 0.0885 e. The van der Waals surface area contributed by atoms with E-state index in [0.717, 1.165) is 25.5 Å². The lowest BCUT2D eigenvalue weighted by Crippen LogP contribution is -2.40. The van der Waals surface area contributed by atoms with Gasteiger partial charge in [0.1, 0.15) is 0 Å². The molecule has 2 nitrogen and oxygen atoms in total. The van der Waals surface area contributed by atoms with Crippen molar-refractivity contribution in [3.63, 3.8) is 0 Å². The summed E-state index contributed by atoms with van der Waals surface area (Å²) < 4.78 is 5.08. The normalized spacial score (nSPS) is 22.8. The summed E-state index contributed by atoms with van der Waals surface area (Å²) in [6.45, 7) is 5.33. The molecule has 1 aliphatic rings. The third-order valence-electron chi connectivity index (χ3n) is 3.40. The number of hydrogen-bond acceptors (Lipinski definition) is 2. The second kappa shape index (κ2) is 6.45. The predicted octanol–water partition coefficient (Wildman–Crippen LogP) is 3.07. The van der Waals surface area contributed by atoms with Crippen molar-refractivity contribution in [3.8, 4) is 0 Å². The quantitative estimate of drug-likeness (QED) is 0.575. The second-order valence-corrected chi connectivity index (χ2v) is 4.62. The van der Waals surface area contributed by atoms with Crippen LogP contribution in [0.1, 0.15) is 30.7 Å². The van der Waals surface area contributed by atoms with Crippen molar-refractivity contribution in [1.82, 2.24) is 5.32 Å². The molecule has 0 heterocycles. The molecule has 0 aliphatic heterocycles. The Bertz CT molecular complexity index is 330. The van der Waals surface area contributed by atoms with Crippen LogP contribution in [0.3, 0.4) is 0 Å². The van der Waals surface area contributed by atoms with Gasteiger partial charge in [-0.2, -0.15) is 0 Å². The molecule has 2 rings (SSSR count). The van der Waals surface area contributed by atoms with Crippen molar-refractivity contribution in [3.05, 3.63) is 48.7 Å². The van der Waals surface area contributed by atoms with Gasteiger partial charge in [0.15, 0.2) is 0 Å². The standard InChI is InChI=1S/C15H21NO/c1-2-17-10-6-9-16-15-11-14(12-15)13-7-4-3-5-8-13/h2-5,7-8,14-16H,1,6,9-12H2. The third kappa shape index (κ3) is 3.60. The maximum atomic E-state index is 5.08. The van der Waals surface area contributed by atoms with Crippen molar-refractivity contribution < 1.29 is 4.74 Å². The van der Waals surface area contributed by atoms with Crippen LogP contribution in [0.25, 0.3) is 0 Å². The van der Waals surface area contributed by atoms with Crippen LogP contribution in [-0.2, 0) is 4.74 Å². The Hall–Kier alpha value is -1.28. The van der Waals surface area contributed by atoms with Crippen molar-refractivity contribution in [2.45, 2.75) is 31.2 Å². The molecule has 0 amide bonds. The molecule has 1 aromatic rings. The molecule has 0 unspecified atom stereocenters. The van der Waals surface area contributed by atoms with Crippen molar-refractivity contribution in [1.29, 1.82) is 0 Å². The van der Waals surface area contributed by atoms with E-state index in [9.17, 15) is 0 Å². The Labute approximate surface area is 104 Å². The van der Waals surface area contributed by atoms with Gasteiger partial charge in [-0.05, 0) is 37.3 Å². The summed E-state index contributed by atoms with van der Waals surface area (Å²) in [6.07, 6.45) is 5.10. The van der Waals surface area contributed by atoms with Crippen LogP contribution in [0.4, 0.5) is 0 Å². The van der Waals surface area contributed by atoms with Crippen LogP contribution >= 0.6 is 0 Å². The summed E-state index contributed by atoms with van der Waals surface area (Å²) >= 11 is 0. The molecular formula is C15H21NO. The summed E-state index contributed by atoms with van der Waals surface area (Å²) in [5.74, 6) is 0.762. The van der Waals surface area contributed by atoms with Crippen LogP contribution in [0, 0.1) is 0 Å². The molecule has 1 saturated carbocycles. The Morgan fingerprint density at radius 3 is 2.76 bits per heavy atom. The minimum atomic E-state index is 0.698. The first-order valence-corrected chi connectivity index (χ1v) is 6.41. The fraction of sp³-hybridized carbons (Fsp3) is 0.467. The van der Waals surface area contributed by atoms with Gasteiger partial charge >= 0.3 is 0 Å². The maximum absolute atomic E-state index is 5.08. The molecule has 2 heteroatoms. The summed E-state index contributed by atoms with van der Waals surface area (Å²) in [4.78, 5) is 0. The number of rotatable bonds is 7. The molecule has 0 aromatic heterocycles. The molecule has 17 heavy (non-hydrogen) atoms. The van der Waals surface area contributed by atoms with Gasteiger partial charge in [0, 0.05) is 6.04 Å². The zero-order chi connectivity index (χ0) is 11.9. The van der Waals surface area contributed by atoms with Crippen LogP contribution in [0.5, 0.6) is 0 Å². The average molecular weight is 231 g/mol. The lowest BCUT2D eigenvalue weighted by molar-refractivity contribution is 0.232. The summed E-state index contributed by atoms with van der Waals surface area (Å²) in [7, 11) is 0. The molecule has 1 aliphatic carbocycles. The highest BCUT2D eigenvalue weighted by Crippen LogP contribution is 2.36. The minimum absolute atomic E-state index is 0.698. The Balaban J connectivity index is 1.58.